The van der Waals surface area contributed by atoms with E-state index in [4.69, 9.17) is 0 Å². The minimum Gasteiger partial charge on any atom is -0.340 e. The van der Waals surface area contributed by atoms with Crippen LogP contribution in [0.3, 0.4) is 0 Å². The van der Waals surface area contributed by atoms with Gasteiger partial charge >= 0.3 is 0 Å². The van der Waals surface area contributed by atoms with Gasteiger partial charge in [-0.3, -0.25) is 19.6 Å². The molecule has 4 aliphatic rings. The number of likely N-dealkylation sites (tertiary alicyclic amines) is 1. The van der Waals surface area contributed by atoms with Crippen molar-refractivity contribution >= 4 is 12.2 Å². The average molecular weight is 425 g/mol. The molecule has 1 aromatic heterocycles. The van der Waals surface area contributed by atoms with E-state index in [1.807, 2.05) is 24.5 Å². The van der Waals surface area contributed by atoms with Crippen molar-refractivity contribution in [3.05, 3.63) is 30.1 Å². The molecule has 1 atom stereocenters. The number of rotatable bonds is 6. The molecule has 2 saturated heterocycles. The Morgan fingerprint density at radius 1 is 1.06 bits per heavy atom. The summed E-state index contributed by atoms with van der Waals surface area (Å²) in [6.07, 6.45) is 13.7. The summed E-state index contributed by atoms with van der Waals surface area (Å²) < 4.78 is 0. The third-order valence-corrected chi connectivity index (χ3v) is 8.63. The molecule has 168 valence electrons. The van der Waals surface area contributed by atoms with Gasteiger partial charge in [0.05, 0.1) is 0 Å². The first-order chi connectivity index (χ1) is 15.2. The molecule has 0 radical (unpaired) electrons. The van der Waals surface area contributed by atoms with E-state index in [0.29, 0.717) is 17.7 Å². The Kier molecular flexibility index (Phi) is 6.11. The highest BCUT2D eigenvalue weighted by atomic mass is 16.2. The maximum atomic E-state index is 13.1. The van der Waals surface area contributed by atoms with E-state index in [1.165, 1.54) is 24.8 Å². The number of pyridine rings is 1. The summed E-state index contributed by atoms with van der Waals surface area (Å²) in [6, 6.07) is 5.01. The van der Waals surface area contributed by atoms with Crippen molar-refractivity contribution in [3.8, 4) is 0 Å². The largest absolute Gasteiger partial charge is 0.340 e. The fourth-order valence-electron chi connectivity index (χ4n) is 6.37. The lowest BCUT2D eigenvalue weighted by Crippen LogP contribution is -2.57. The van der Waals surface area contributed by atoms with Crippen LogP contribution < -0.4 is 0 Å². The highest BCUT2D eigenvalue weighted by molar-refractivity contribution is 5.80. The quantitative estimate of drug-likeness (QED) is 0.658. The zero-order chi connectivity index (χ0) is 21.3. The van der Waals surface area contributed by atoms with Crippen LogP contribution in [0, 0.1) is 11.3 Å². The van der Waals surface area contributed by atoms with Crippen LogP contribution in [-0.2, 0) is 9.59 Å². The number of amides is 1. The predicted octanol–water partition coefficient (Wildman–Crippen LogP) is 2.90. The fourth-order valence-corrected chi connectivity index (χ4v) is 6.37. The van der Waals surface area contributed by atoms with E-state index in [-0.39, 0.29) is 12.0 Å². The molecule has 1 unspecified atom stereocenters. The van der Waals surface area contributed by atoms with Crippen molar-refractivity contribution in [2.45, 2.75) is 63.5 Å². The van der Waals surface area contributed by atoms with E-state index >= 15 is 0 Å². The number of hydrogen-bond acceptors (Lipinski definition) is 5. The molecule has 6 nitrogen and oxygen atoms in total. The number of piperazine rings is 1. The summed E-state index contributed by atoms with van der Waals surface area (Å²) in [5.41, 5.74) is 1.54. The number of carbonyl (C=O) groups is 2. The van der Waals surface area contributed by atoms with Crippen LogP contribution in [0.2, 0.25) is 0 Å². The molecule has 2 aliphatic carbocycles. The number of carbonyl (C=O) groups excluding carboxylic acids is 2. The zero-order valence-corrected chi connectivity index (χ0v) is 18.6. The molecule has 6 heteroatoms. The summed E-state index contributed by atoms with van der Waals surface area (Å²) in [5.74, 6) is 0.657. The van der Waals surface area contributed by atoms with Gasteiger partial charge in [0.1, 0.15) is 6.29 Å². The first kappa shape index (κ1) is 21.1. The summed E-state index contributed by atoms with van der Waals surface area (Å²) >= 11 is 0. The van der Waals surface area contributed by atoms with Gasteiger partial charge in [-0.25, -0.2) is 0 Å². The van der Waals surface area contributed by atoms with Crippen LogP contribution in [0.25, 0.3) is 0 Å². The number of hydrogen-bond donors (Lipinski definition) is 0. The molecular weight excluding hydrogens is 388 g/mol. The molecule has 1 amide bonds. The molecule has 5 rings (SSSR count). The average Bonchev–Trinajstić information content (AvgIpc) is 2.75. The maximum absolute atomic E-state index is 13.1. The normalized spacial score (nSPS) is 26.3. The number of aldehydes is 1. The molecule has 4 fully saturated rings. The third kappa shape index (κ3) is 4.29. The van der Waals surface area contributed by atoms with Crippen molar-refractivity contribution in [2.75, 3.05) is 39.3 Å². The van der Waals surface area contributed by atoms with E-state index < -0.39 is 0 Å². The second-order valence-electron chi connectivity index (χ2n) is 10.3. The van der Waals surface area contributed by atoms with Crippen molar-refractivity contribution in [1.82, 2.24) is 19.7 Å². The number of nitrogens with zero attached hydrogens (tertiary/aromatic N) is 4. The molecule has 2 aliphatic heterocycles. The Hall–Kier alpha value is -1.79. The molecule has 2 saturated carbocycles. The van der Waals surface area contributed by atoms with Crippen molar-refractivity contribution in [3.63, 3.8) is 0 Å². The molecule has 0 N–H and O–H groups in total. The van der Waals surface area contributed by atoms with Crippen LogP contribution in [-0.4, -0.2) is 77.2 Å². The lowest BCUT2D eigenvalue weighted by molar-refractivity contribution is -0.148. The minimum atomic E-state index is 0.155. The lowest BCUT2D eigenvalue weighted by atomic mass is 9.57. The van der Waals surface area contributed by atoms with E-state index in [9.17, 15) is 9.59 Å². The Morgan fingerprint density at radius 3 is 2.32 bits per heavy atom. The summed E-state index contributed by atoms with van der Waals surface area (Å²) in [7, 11) is 0. The second-order valence-corrected chi connectivity index (χ2v) is 10.3. The van der Waals surface area contributed by atoms with Crippen molar-refractivity contribution < 1.29 is 9.59 Å². The topological polar surface area (TPSA) is 56.8 Å². The van der Waals surface area contributed by atoms with Crippen LogP contribution >= 0.6 is 0 Å². The van der Waals surface area contributed by atoms with Gasteiger partial charge in [0.2, 0.25) is 5.91 Å². The smallest absolute Gasteiger partial charge is 0.225 e. The molecule has 1 aromatic rings. The highest BCUT2D eigenvalue weighted by Gasteiger charge is 2.50. The number of aromatic nitrogens is 1. The van der Waals surface area contributed by atoms with Crippen LogP contribution in [0.5, 0.6) is 0 Å². The molecule has 0 bridgehead atoms. The van der Waals surface area contributed by atoms with Crippen molar-refractivity contribution in [2.24, 2.45) is 11.3 Å². The Bertz CT molecular complexity index is 757. The first-order valence-corrected chi connectivity index (χ1v) is 12.3. The third-order valence-electron chi connectivity index (χ3n) is 8.63. The minimum absolute atomic E-state index is 0.155. The molecule has 1 spiro atoms. The number of piperidine rings is 1. The van der Waals surface area contributed by atoms with Crippen LogP contribution in [0.15, 0.2) is 24.5 Å². The Labute approximate surface area is 186 Å². The molecular formula is C25H36N4O2. The SMILES string of the molecule is O=CCC(c1ccncc1)N1CCC2(CC1)CC(C(=O)N1CCN(C3CCC3)CC1)C2. The van der Waals surface area contributed by atoms with Gasteiger partial charge < -0.3 is 9.69 Å². The lowest BCUT2D eigenvalue weighted by Gasteiger charge is -2.54. The van der Waals surface area contributed by atoms with E-state index in [1.54, 1.807) is 0 Å². The summed E-state index contributed by atoms with van der Waals surface area (Å²) in [4.78, 5) is 35.7. The van der Waals surface area contributed by atoms with Crippen LogP contribution in [0.1, 0.15) is 63.0 Å². The fraction of sp³-hybridized carbons (Fsp3) is 0.720. The standard InChI is InChI=1S/C25H36N4O2/c30-17-6-23(20-4-9-26-10-5-20)28-11-7-25(8-12-28)18-21(19-25)24(31)29-15-13-27(14-16-29)22-2-1-3-22/h4-5,9-10,17,21-23H,1-3,6-8,11-16,18-19H2. The van der Waals surface area contributed by atoms with Crippen LogP contribution in [0.4, 0.5) is 0 Å². The molecule has 0 aromatic carbocycles. The predicted molar refractivity (Wildman–Crippen MR) is 119 cm³/mol. The Balaban J connectivity index is 1.10. The van der Waals surface area contributed by atoms with Gasteiger partial charge in [0, 0.05) is 63.0 Å². The van der Waals surface area contributed by atoms with Gasteiger partial charge in [-0.1, -0.05) is 6.42 Å². The molecule has 31 heavy (non-hydrogen) atoms. The zero-order valence-electron chi connectivity index (χ0n) is 18.6. The van der Waals surface area contributed by atoms with Gasteiger partial charge in [-0.15, -0.1) is 0 Å². The van der Waals surface area contributed by atoms with E-state index in [2.05, 4.69) is 19.7 Å². The van der Waals surface area contributed by atoms with Gasteiger partial charge in [-0.2, -0.15) is 0 Å². The van der Waals surface area contributed by atoms with Crippen molar-refractivity contribution in [1.29, 1.82) is 0 Å². The Morgan fingerprint density at radius 2 is 1.74 bits per heavy atom. The first-order valence-electron chi connectivity index (χ1n) is 12.3. The van der Waals surface area contributed by atoms with Gasteiger partial charge in [-0.05, 0) is 74.7 Å². The van der Waals surface area contributed by atoms with Gasteiger partial charge in [0.15, 0.2) is 0 Å². The second kappa shape index (κ2) is 8.99. The maximum Gasteiger partial charge on any atom is 0.225 e. The summed E-state index contributed by atoms with van der Waals surface area (Å²) in [6.45, 7) is 6.01. The monoisotopic (exact) mass is 424 g/mol. The highest BCUT2D eigenvalue weighted by Crippen LogP contribution is 2.53. The van der Waals surface area contributed by atoms with E-state index in [0.717, 1.165) is 77.3 Å². The van der Waals surface area contributed by atoms with Gasteiger partial charge in [0.25, 0.3) is 0 Å². The molecule has 3 heterocycles. The summed E-state index contributed by atoms with van der Waals surface area (Å²) in [5, 5.41) is 0.